The third-order valence-electron chi connectivity index (χ3n) is 2.10. The smallest absolute Gasteiger partial charge is 0.0635 e. The first-order valence-electron chi connectivity index (χ1n) is 4.98. The van der Waals surface area contributed by atoms with Gasteiger partial charge in [0.2, 0.25) is 0 Å². The number of aromatic nitrogens is 2. The Morgan fingerprint density at radius 2 is 2.29 bits per heavy atom. The van der Waals surface area contributed by atoms with Gasteiger partial charge in [-0.25, -0.2) is 0 Å². The van der Waals surface area contributed by atoms with Gasteiger partial charge in [-0.05, 0) is 28.4 Å². The molecule has 80 valence electrons. The highest BCUT2D eigenvalue weighted by molar-refractivity contribution is 9.10. The maximum Gasteiger partial charge on any atom is 0.0635 e. The van der Waals surface area contributed by atoms with Crippen molar-refractivity contribution in [2.45, 2.75) is 20.3 Å². The topological polar surface area (TPSA) is 29.9 Å². The minimum absolute atomic E-state index is 0.713. The summed E-state index contributed by atoms with van der Waals surface area (Å²) in [5.41, 5.74) is 1.25. The molecule has 0 saturated heterocycles. The lowest BCUT2D eigenvalue weighted by atomic mass is 10.2. The highest BCUT2D eigenvalue weighted by Crippen LogP contribution is 2.14. The van der Waals surface area contributed by atoms with Gasteiger partial charge in [0, 0.05) is 20.0 Å². The van der Waals surface area contributed by atoms with Gasteiger partial charge in [-0.3, -0.25) is 4.68 Å². The third kappa shape index (κ3) is 3.42. The van der Waals surface area contributed by atoms with Crippen molar-refractivity contribution in [2.75, 3.05) is 13.1 Å². The number of aryl methyl sites for hydroxylation is 1. The van der Waals surface area contributed by atoms with E-state index >= 15 is 0 Å². The van der Waals surface area contributed by atoms with Crippen LogP contribution in [0.1, 0.15) is 19.5 Å². The Bertz CT molecular complexity index is 261. The molecule has 3 nitrogen and oxygen atoms in total. The second-order valence-corrected chi connectivity index (χ2v) is 4.77. The molecule has 0 radical (unpaired) electrons. The largest absolute Gasteiger partial charge is 0.316 e. The molecule has 14 heavy (non-hydrogen) atoms. The van der Waals surface area contributed by atoms with Crippen molar-refractivity contribution in [3.8, 4) is 0 Å². The standard InChI is InChI=1S/C10H18BrN3/c1-8(2)6-12-5-4-10-9(11)7-13-14(10)3/h7-8,12H,4-6H2,1-3H3. The Morgan fingerprint density at radius 3 is 2.79 bits per heavy atom. The summed E-state index contributed by atoms with van der Waals surface area (Å²) in [5, 5.41) is 7.59. The maximum atomic E-state index is 4.17. The van der Waals surface area contributed by atoms with Crippen molar-refractivity contribution in [2.24, 2.45) is 13.0 Å². The molecule has 1 N–H and O–H groups in total. The van der Waals surface area contributed by atoms with Crippen LogP contribution in [-0.2, 0) is 13.5 Å². The Morgan fingerprint density at radius 1 is 1.57 bits per heavy atom. The lowest BCUT2D eigenvalue weighted by Crippen LogP contribution is -2.22. The number of rotatable bonds is 5. The normalized spacial score (nSPS) is 11.2. The van der Waals surface area contributed by atoms with Crippen LogP contribution in [-0.4, -0.2) is 22.9 Å². The second kappa shape index (κ2) is 5.51. The fourth-order valence-electron chi connectivity index (χ4n) is 1.31. The van der Waals surface area contributed by atoms with E-state index in [1.165, 1.54) is 5.69 Å². The predicted octanol–water partition coefficient (Wildman–Crippen LogP) is 1.97. The monoisotopic (exact) mass is 259 g/mol. The van der Waals surface area contributed by atoms with E-state index in [1.54, 1.807) is 0 Å². The van der Waals surface area contributed by atoms with Crippen LogP contribution in [0.25, 0.3) is 0 Å². The molecule has 0 bridgehead atoms. The lowest BCUT2D eigenvalue weighted by molar-refractivity contribution is 0.547. The van der Waals surface area contributed by atoms with E-state index in [1.807, 2.05) is 17.9 Å². The van der Waals surface area contributed by atoms with Crippen molar-refractivity contribution >= 4 is 15.9 Å². The molecule has 0 unspecified atom stereocenters. The summed E-state index contributed by atoms with van der Waals surface area (Å²) in [5.74, 6) is 0.713. The van der Waals surface area contributed by atoms with E-state index in [-0.39, 0.29) is 0 Å². The van der Waals surface area contributed by atoms with Crippen molar-refractivity contribution in [3.05, 3.63) is 16.4 Å². The van der Waals surface area contributed by atoms with E-state index in [4.69, 9.17) is 0 Å². The number of nitrogens with one attached hydrogen (secondary N) is 1. The van der Waals surface area contributed by atoms with E-state index in [2.05, 4.69) is 40.2 Å². The molecule has 0 aromatic carbocycles. The van der Waals surface area contributed by atoms with Crippen LogP contribution in [0.2, 0.25) is 0 Å². The molecule has 1 aromatic heterocycles. The third-order valence-corrected chi connectivity index (χ3v) is 2.76. The van der Waals surface area contributed by atoms with Gasteiger partial charge in [-0.2, -0.15) is 5.10 Å². The fraction of sp³-hybridized carbons (Fsp3) is 0.700. The fourth-order valence-corrected chi connectivity index (χ4v) is 1.86. The second-order valence-electron chi connectivity index (χ2n) is 3.91. The van der Waals surface area contributed by atoms with E-state index in [0.29, 0.717) is 5.92 Å². The maximum absolute atomic E-state index is 4.17. The van der Waals surface area contributed by atoms with Crippen molar-refractivity contribution < 1.29 is 0 Å². The first-order valence-corrected chi connectivity index (χ1v) is 5.77. The minimum atomic E-state index is 0.713. The lowest BCUT2D eigenvalue weighted by Gasteiger charge is -2.07. The molecule has 0 amide bonds. The highest BCUT2D eigenvalue weighted by Gasteiger charge is 2.04. The average Bonchev–Trinajstić information content (AvgIpc) is 2.42. The van der Waals surface area contributed by atoms with E-state index in [9.17, 15) is 0 Å². The average molecular weight is 260 g/mol. The van der Waals surface area contributed by atoms with E-state index in [0.717, 1.165) is 24.0 Å². The van der Waals surface area contributed by atoms with Crippen LogP contribution < -0.4 is 5.32 Å². The van der Waals surface area contributed by atoms with Crippen molar-refractivity contribution in [3.63, 3.8) is 0 Å². The minimum Gasteiger partial charge on any atom is -0.316 e. The summed E-state index contributed by atoms with van der Waals surface area (Å²) in [6, 6.07) is 0. The Balaban J connectivity index is 2.31. The zero-order valence-electron chi connectivity index (χ0n) is 9.05. The number of halogens is 1. The quantitative estimate of drug-likeness (QED) is 0.820. The molecule has 0 aliphatic heterocycles. The summed E-state index contributed by atoms with van der Waals surface area (Å²) in [6.07, 6.45) is 2.86. The van der Waals surface area contributed by atoms with Crippen molar-refractivity contribution in [1.82, 2.24) is 15.1 Å². The van der Waals surface area contributed by atoms with Crippen LogP contribution in [0.5, 0.6) is 0 Å². The Hall–Kier alpha value is -0.350. The molecule has 1 heterocycles. The zero-order chi connectivity index (χ0) is 10.6. The Labute approximate surface area is 94.0 Å². The number of hydrogen-bond acceptors (Lipinski definition) is 2. The summed E-state index contributed by atoms with van der Waals surface area (Å²) in [7, 11) is 1.97. The molecule has 1 rings (SSSR count). The molecule has 0 spiro atoms. The SMILES string of the molecule is CC(C)CNCCc1c(Br)cnn1C. The molecule has 0 fully saturated rings. The van der Waals surface area contributed by atoms with Crippen molar-refractivity contribution in [1.29, 1.82) is 0 Å². The summed E-state index contributed by atoms with van der Waals surface area (Å²) in [6.45, 7) is 6.52. The Kier molecular flexibility index (Phi) is 4.62. The van der Waals surface area contributed by atoms with Gasteiger partial charge >= 0.3 is 0 Å². The van der Waals surface area contributed by atoms with Gasteiger partial charge in [0.1, 0.15) is 0 Å². The van der Waals surface area contributed by atoms with Gasteiger partial charge < -0.3 is 5.32 Å². The van der Waals surface area contributed by atoms with Crippen LogP contribution in [0.4, 0.5) is 0 Å². The summed E-state index contributed by atoms with van der Waals surface area (Å²) < 4.78 is 3.02. The molecule has 0 saturated carbocycles. The first kappa shape index (κ1) is 11.7. The number of hydrogen-bond donors (Lipinski definition) is 1. The highest BCUT2D eigenvalue weighted by atomic mass is 79.9. The molecule has 0 aliphatic rings. The molecular formula is C10H18BrN3. The van der Waals surface area contributed by atoms with Crippen LogP contribution in [0.3, 0.4) is 0 Å². The van der Waals surface area contributed by atoms with Crippen LogP contribution >= 0.6 is 15.9 Å². The van der Waals surface area contributed by atoms with Gasteiger partial charge in [-0.15, -0.1) is 0 Å². The summed E-state index contributed by atoms with van der Waals surface area (Å²) in [4.78, 5) is 0. The number of nitrogens with zero attached hydrogens (tertiary/aromatic N) is 2. The molecule has 1 aromatic rings. The predicted molar refractivity (Wildman–Crippen MR) is 62.3 cm³/mol. The van der Waals surface area contributed by atoms with Crippen LogP contribution in [0, 0.1) is 5.92 Å². The molecule has 4 heteroatoms. The molecular weight excluding hydrogens is 242 g/mol. The summed E-state index contributed by atoms with van der Waals surface area (Å²) >= 11 is 3.49. The molecule has 0 aliphatic carbocycles. The van der Waals surface area contributed by atoms with Gasteiger partial charge in [0.25, 0.3) is 0 Å². The van der Waals surface area contributed by atoms with E-state index < -0.39 is 0 Å². The van der Waals surface area contributed by atoms with Gasteiger partial charge in [0.05, 0.1) is 16.4 Å². The van der Waals surface area contributed by atoms with Gasteiger partial charge in [0.15, 0.2) is 0 Å². The first-order chi connectivity index (χ1) is 6.61. The van der Waals surface area contributed by atoms with Crippen LogP contribution in [0.15, 0.2) is 10.7 Å². The zero-order valence-corrected chi connectivity index (χ0v) is 10.6. The molecule has 0 atom stereocenters. The van der Waals surface area contributed by atoms with Gasteiger partial charge in [-0.1, -0.05) is 13.8 Å².